The molecule has 0 saturated heterocycles. The third-order valence-corrected chi connectivity index (χ3v) is 3.36. The molecule has 2 aromatic heterocycles. The fourth-order valence-corrected chi connectivity index (χ4v) is 2.46. The van der Waals surface area contributed by atoms with Crippen molar-refractivity contribution in [3.63, 3.8) is 0 Å². The van der Waals surface area contributed by atoms with Gasteiger partial charge in [0.1, 0.15) is 10.8 Å². The van der Waals surface area contributed by atoms with Crippen molar-refractivity contribution in [1.29, 1.82) is 0 Å². The largest absolute Gasteiger partial charge is 0.325 e. The summed E-state index contributed by atoms with van der Waals surface area (Å²) in [5.74, 6) is -0.250. The Bertz CT molecular complexity index is 624. The van der Waals surface area contributed by atoms with Crippen LogP contribution >= 0.6 is 11.3 Å². The van der Waals surface area contributed by atoms with Gasteiger partial charge in [-0.15, -0.1) is 0 Å². The van der Waals surface area contributed by atoms with E-state index >= 15 is 0 Å². The van der Waals surface area contributed by atoms with Gasteiger partial charge in [-0.25, -0.2) is 13.9 Å². The minimum atomic E-state index is -0.250. The monoisotopic (exact) mass is 248 g/mol. The van der Waals surface area contributed by atoms with Gasteiger partial charge in [0, 0.05) is 12.1 Å². The molecule has 0 spiro atoms. The fourth-order valence-electron chi connectivity index (χ4n) is 1.55. The molecule has 17 heavy (non-hydrogen) atoms. The van der Waals surface area contributed by atoms with Crippen LogP contribution in [0.15, 0.2) is 30.5 Å². The standard InChI is InChI=1S/C11H9FN4S/c12-8-3-1-7(2-4-8)10-15-16-6-9(5-13)14-11(16)17-10/h1-4,6H,5,13H2. The van der Waals surface area contributed by atoms with Crippen LogP contribution in [0.5, 0.6) is 0 Å². The average Bonchev–Trinajstić information content (AvgIpc) is 2.87. The third kappa shape index (κ3) is 1.81. The maximum absolute atomic E-state index is 12.8. The SMILES string of the molecule is NCc1cn2nc(-c3ccc(F)cc3)sc2n1. The minimum absolute atomic E-state index is 0.250. The first-order valence-electron chi connectivity index (χ1n) is 5.07. The number of benzene rings is 1. The summed E-state index contributed by atoms with van der Waals surface area (Å²) >= 11 is 1.46. The summed E-state index contributed by atoms with van der Waals surface area (Å²) < 4.78 is 14.5. The molecular weight excluding hydrogens is 239 g/mol. The Morgan fingerprint density at radius 1 is 1.29 bits per heavy atom. The molecule has 0 aliphatic heterocycles. The van der Waals surface area contributed by atoms with Crippen LogP contribution in [0.4, 0.5) is 4.39 Å². The van der Waals surface area contributed by atoms with Gasteiger partial charge >= 0.3 is 0 Å². The molecule has 0 aliphatic carbocycles. The van der Waals surface area contributed by atoms with Gasteiger partial charge in [0.05, 0.1) is 11.9 Å². The van der Waals surface area contributed by atoms with E-state index in [1.165, 1.54) is 23.5 Å². The first-order valence-corrected chi connectivity index (χ1v) is 5.89. The highest BCUT2D eigenvalue weighted by Gasteiger charge is 2.09. The van der Waals surface area contributed by atoms with Crippen LogP contribution in [0, 0.1) is 5.82 Å². The maximum Gasteiger partial charge on any atom is 0.212 e. The van der Waals surface area contributed by atoms with Crippen LogP contribution in [0.1, 0.15) is 5.69 Å². The molecule has 0 aliphatic rings. The van der Waals surface area contributed by atoms with E-state index in [2.05, 4.69) is 10.1 Å². The van der Waals surface area contributed by atoms with Crippen LogP contribution in [-0.2, 0) is 6.54 Å². The Balaban J connectivity index is 2.06. The van der Waals surface area contributed by atoms with E-state index in [9.17, 15) is 4.39 Å². The van der Waals surface area contributed by atoms with E-state index < -0.39 is 0 Å². The summed E-state index contributed by atoms with van der Waals surface area (Å²) in [7, 11) is 0. The summed E-state index contributed by atoms with van der Waals surface area (Å²) in [4.78, 5) is 5.11. The van der Waals surface area contributed by atoms with Gasteiger partial charge in [0.25, 0.3) is 0 Å². The molecule has 4 nitrogen and oxygen atoms in total. The average molecular weight is 248 g/mol. The normalized spacial score (nSPS) is 11.2. The van der Waals surface area contributed by atoms with Crippen molar-refractivity contribution in [3.8, 4) is 10.6 Å². The Labute approximate surface area is 101 Å². The number of imidazole rings is 1. The van der Waals surface area contributed by atoms with Gasteiger partial charge in [-0.2, -0.15) is 5.10 Å². The molecule has 3 rings (SSSR count). The van der Waals surface area contributed by atoms with Crippen LogP contribution in [0.25, 0.3) is 15.5 Å². The molecule has 0 fully saturated rings. The smallest absolute Gasteiger partial charge is 0.212 e. The van der Waals surface area contributed by atoms with Gasteiger partial charge in [-0.3, -0.25) is 0 Å². The Kier molecular flexibility index (Phi) is 2.38. The predicted octanol–water partition coefficient (Wildman–Crippen LogP) is 2.06. The Morgan fingerprint density at radius 3 is 2.71 bits per heavy atom. The molecule has 0 radical (unpaired) electrons. The highest BCUT2D eigenvalue weighted by molar-refractivity contribution is 7.19. The second-order valence-corrected chi connectivity index (χ2v) is 4.53. The second-order valence-electron chi connectivity index (χ2n) is 3.58. The predicted molar refractivity (Wildman–Crippen MR) is 64.1 cm³/mol. The van der Waals surface area contributed by atoms with E-state index in [4.69, 9.17) is 5.73 Å². The van der Waals surface area contributed by atoms with Crippen LogP contribution in [0.3, 0.4) is 0 Å². The lowest BCUT2D eigenvalue weighted by atomic mass is 10.2. The molecule has 0 amide bonds. The summed E-state index contributed by atoms with van der Waals surface area (Å²) in [5.41, 5.74) is 7.20. The maximum atomic E-state index is 12.8. The zero-order chi connectivity index (χ0) is 11.8. The van der Waals surface area contributed by atoms with Crippen molar-refractivity contribution >= 4 is 16.3 Å². The molecule has 0 atom stereocenters. The van der Waals surface area contributed by atoms with Crippen molar-refractivity contribution in [3.05, 3.63) is 42.0 Å². The van der Waals surface area contributed by atoms with Gasteiger partial charge < -0.3 is 5.73 Å². The fraction of sp³-hybridized carbons (Fsp3) is 0.0909. The molecule has 2 N–H and O–H groups in total. The number of halogens is 1. The van der Waals surface area contributed by atoms with E-state index in [1.807, 2.05) is 0 Å². The Morgan fingerprint density at radius 2 is 2.06 bits per heavy atom. The Hall–Kier alpha value is -1.79. The quantitative estimate of drug-likeness (QED) is 0.755. The molecular formula is C11H9FN4S. The first kappa shape index (κ1) is 10.4. The number of rotatable bonds is 2. The summed E-state index contributed by atoms with van der Waals surface area (Å²) in [5, 5.41) is 5.19. The number of hydrogen-bond donors (Lipinski definition) is 1. The van der Waals surface area contributed by atoms with Crippen molar-refractivity contribution in [1.82, 2.24) is 14.6 Å². The zero-order valence-corrected chi connectivity index (χ0v) is 9.62. The molecule has 6 heteroatoms. The molecule has 0 bridgehead atoms. The number of nitrogens with two attached hydrogens (primary N) is 1. The van der Waals surface area contributed by atoms with Crippen molar-refractivity contribution in [2.75, 3.05) is 0 Å². The number of fused-ring (bicyclic) bond motifs is 1. The summed E-state index contributed by atoms with van der Waals surface area (Å²) in [6, 6.07) is 6.25. The molecule has 86 valence electrons. The van der Waals surface area contributed by atoms with E-state index in [0.717, 1.165) is 21.2 Å². The molecule has 3 aromatic rings. The second kappa shape index (κ2) is 3.90. The van der Waals surface area contributed by atoms with Gasteiger partial charge in [0.2, 0.25) is 4.96 Å². The van der Waals surface area contributed by atoms with E-state index in [0.29, 0.717) is 6.54 Å². The minimum Gasteiger partial charge on any atom is -0.325 e. The molecule has 0 saturated carbocycles. The van der Waals surface area contributed by atoms with Crippen LogP contribution in [-0.4, -0.2) is 14.6 Å². The topological polar surface area (TPSA) is 56.2 Å². The van der Waals surface area contributed by atoms with Crippen molar-refractivity contribution in [2.24, 2.45) is 5.73 Å². The number of aromatic nitrogens is 3. The van der Waals surface area contributed by atoms with E-state index in [1.54, 1.807) is 22.8 Å². The lowest BCUT2D eigenvalue weighted by Gasteiger charge is -1.93. The van der Waals surface area contributed by atoms with Crippen LogP contribution < -0.4 is 5.73 Å². The first-order chi connectivity index (χ1) is 8.26. The van der Waals surface area contributed by atoms with Gasteiger partial charge in [0.15, 0.2) is 0 Å². The lowest BCUT2D eigenvalue weighted by molar-refractivity contribution is 0.628. The summed E-state index contributed by atoms with van der Waals surface area (Å²) in [6.45, 7) is 0.405. The zero-order valence-electron chi connectivity index (χ0n) is 8.80. The number of nitrogens with zero attached hydrogens (tertiary/aromatic N) is 3. The molecule has 1 aromatic carbocycles. The van der Waals surface area contributed by atoms with E-state index in [-0.39, 0.29) is 5.82 Å². The van der Waals surface area contributed by atoms with Crippen LogP contribution in [0.2, 0.25) is 0 Å². The van der Waals surface area contributed by atoms with Gasteiger partial charge in [-0.1, -0.05) is 11.3 Å². The number of hydrogen-bond acceptors (Lipinski definition) is 4. The highest BCUT2D eigenvalue weighted by Crippen LogP contribution is 2.25. The lowest BCUT2D eigenvalue weighted by Crippen LogP contribution is -1.95. The van der Waals surface area contributed by atoms with Crippen molar-refractivity contribution in [2.45, 2.75) is 6.54 Å². The molecule has 0 unspecified atom stereocenters. The third-order valence-electron chi connectivity index (χ3n) is 2.39. The van der Waals surface area contributed by atoms with Crippen molar-refractivity contribution < 1.29 is 4.39 Å². The van der Waals surface area contributed by atoms with Gasteiger partial charge in [-0.05, 0) is 24.3 Å². The molecule has 2 heterocycles. The summed E-state index contributed by atoms with van der Waals surface area (Å²) in [6.07, 6.45) is 1.80. The highest BCUT2D eigenvalue weighted by atomic mass is 32.1.